The summed E-state index contributed by atoms with van der Waals surface area (Å²) < 4.78 is 22.6. The molecule has 0 unspecified atom stereocenters. The number of benzene rings is 2. The Balaban J connectivity index is 1.82. The van der Waals surface area contributed by atoms with Gasteiger partial charge in [0.25, 0.3) is 11.3 Å². The molecule has 154 valence electrons. The van der Waals surface area contributed by atoms with Crippen molar-refractivity contribution < 1.29 is 18.9 Å². The van der Waals surface area contributed by atoms with Gasteiger partial charge in [0.2, 0.25) is 5.75 Å². The molecular formula is C21H20N4O5. The van der Waals surface area contributed by atoms with E-state index in [-0.39, 0.29) is 11.3 Å². The molecule has 2 aromatic heterocycles. The van der Waals surface area contributed by atoms with Crippen LogP contribution >= 0.6 is 0 Å². The highest BCUT2D eigenvalue weighted by Crippen LogP contribution is 2.40. The molecular weight excluding hydrogens is 388 g/mol. The van der Waals surface area contributed by atoms with Gasteiger partial charge in [-0.1, -0.05) is 0 Å². The monoisotopic (exact) mass is 408 g/mol. The van der Waals surface area contributed by atoms with Crippen molar-refractivity contribution in [3.8, 4) is 45.6 Å². The van der Waals surface area contributed by atoms with E-state index in [0.717, 1.165) is 11.3 Å². The third kappa shape index (κ3) is 3.30. The molecule has 0 spiro atoms. The van der Waals surface area contributed by atoms with Gasteiger partial charge in [-0.25, -0.2) is 4.98 Å². The van der Waals surface area contributed by atoms with Crippen molar-refractivity contribution in [2.45, 2.75) is 0 Å². The average molecular weight is 408 g/mol. The van der Waals surface area contributed by atoms with Gasteiger partial charge in [-0.05, 0) is 36.4 Å². The van der Waals surface area contributed by atoms with Gasteiger partial charge in [-0.15, -0.1) is 0 Å². The smallest absolute Gasteiger partial charge is 0.274 e. The molecule has 0 saturated heterocycles. The second-order valence-corrected chi connectivity index (χ2v) is 6.33. The van der Waals surface area contributed by atoms with Gasteiger partial charge in [0, 0.05) is 17.2 Å². The van der Waals surface area contributed by atoms with E-state index in [1.54, 1.807) is 19.2 Å². The minimum absolute atomic E-state index is 0.247. The van der Waals surface area contributed by atoms with E-state index >= 15 is 0 Å². The molecule has 0 radical (unpaired) electrons. The molecule has 0 aliphatic rings. The maximum atomic E-state index is 12.6. The molecule has 9 heteroatoms. The molecule has 0 aliphatic heterocycles. The van der Waals surface area contributed by atoms with Crippen LogP contribution in [0.4, 0.5) is 0 Å². The van der Waals surface area contributed by atoms with E-state index in [9.17, 15) is 4.79 Å². The van der Waals surface area contributed by atoms with E-state index in [4.69, 9.17) is 18.9 Å². The number of methoxy groups -OCH3 is 4. The minimum atomic E-state index is -0.281. The van der Waals surface area contributed by atoms with Crippen molar-refractivity contribution >= 4 is 5.78 Å². The lowest BCUT2D eigenvalue weighted by Gasteiger charge is -2.13. The second-order valence-electron chi connectivity index (χ2n) is 6.33. The maximum absolute atomic E-state index is 12.6. The van der Waals surface area contributed by atoms with E-state index < -0.39 is 0 Å². The van der Waals surface area contributed by atoms with Crippen LogP contribution in [0.25, 0.3) is 28.4 Å². The number of ether oxygens (including phenoxy) is 4. The van der Waals surface area contributed by atoms with Gasteiger partial charge < -0.3 is 18.9 Å². The minimum Gasteiger partial charge on any atom is -0.497 e. The van der Waals surface area contributed by atoms with Gasteiger partial charge in [0.15, 0.2) is 17.3 Å². The van der Waals surface area contributed by atoms with Gasteiger partial charge in [0.05, 0.1) is 34.1 Å². The number of rotatable bonds is 6. The zero-order valence-electron chi connectivity index (χ0n) is 16.9. The largest absolute Gasteiger partial charge is 0.497 e. The summed E-state index contributed by atoms with van der Waals surface area (Å²) in [5.41, 5.74) is 1.68. The third-order valence-corrected chi connectivity index (χ3v) is 4.65. The van der Waals surface area contributed by atoms with E-state index in [1.165, 1.54) is 31.9 Å². The van der Waals surface area contributed by atoms with Gasteiger partial charge in [-0.3, -0.25) is 9.89 Å². The molecule has 0 saturated carbocycles. The molecule has 0 atom stereocenters. The lowest BCUT2D eigenvalue weighted by Crippen LogP contribution is -2.14. The fraction of sp³-hybridized carbons (Fsp3) is 0.190. The standard InChI is InChI=1S/C21H20N4O5/c1-27-14-7-5-12(6-8-14)15-11-18(26)25-21(22-15)23-20(24-25)13-9-16(28-2)19(30-4)17(10-13)29-3/h5-11H,1-4H3,(H,22,23,24). The SMILES string of the molecule is COc1ccc(-c2cc(=O)n3[nH]c(-c4cc(OC)c(OC)c(OC)c4)nc3n2)cc1. The molecule has 0 bridgehead atoms. The molecule has 2 aromatic carbocycles. The molecule has 2 heterocycles. The fourth-order valence-electron chi connectivity index (χ4n) is 3.14. The molecule has 1 N–H and O–H groups in total. The van der Waals surface area contributed by atoms with Crippen molar-refractivity contribution in [2.24, 2.45) is 0 Å². The number of nitrogens with one attached hydrogen (secondary N) is 1. The summed E-state index contributed by atoms with van der Waals surface area (Å²) >= 11 is 0. The Kier molecular flexibility index (Phi) is 5.01. The van der Waals surface area contributed by atoms with Crippen molar-refractivity contribution in [3.63, 3.8) is 0 Å². The zero-order chi connectivity index (χ0) is 21.3. The maximum Gasteiger partial charge on any atom is 0.274 e. The van der Waals surface area contributed by atoms with Crippen molar-refractivity contribution in [3.05, 3.63) is 52.8 Å². The Bertz CT molecular complexity index is 1240. The van der Waals surface area contributed by atoms with E-state index in [0.29, 0.717) is 34.3 Å². The molecule has 4 rings (SSSR count). The Morgan fingerprint density at radius 2 is 1.47 bits per heavy atom. The zero-order valence-corrected chi connectivity index (χ0v) is 16.9. The average Bonchev–Trinajstić information content (AvgIpc) is 3.23. The highest BCUT2D eigenvalue weighted by atomic mass is 16.5. The predicted molar refractivity (Wildman–Crippen MR) is 111 cm³/mol. The summed E-state index contributed by atoms with van der Waals surface area (Å²) in [4.78, 5) is 21.7. The molecule has 0 amide bonds. The lowest BCUT2D eigenvalue weighted by atomic mass is 10.1. The first-order valence-electron chi connectivity index (χ1n) is 9.02. The summed E-state index contributed by atoms with van der Waals surface area (Å²) in [5.74, 6) is 2.83. The quantitative estimate of drug-likeness (QED) is 0.524. The van der Waals surface area contributed by atoms with E-state index in [2.05, 4.69) is 15.1 Å². The number of nitrogens with zero attached hydrogens (tertiary/aromatic N) is 3. The van der Waals surface area contributed by atoms with Crippen LogP contribution in [-0.2, 0) is 0 Å². The van der Waals surface area contributed by atoms with Crippen molar-refractivity contribution in [1.29, 1.82) is 0 Å². The van der Waals surface area contributed by atoms with Crippen molar-refractivity contribution in [1.82, 2.24) is 19.6 Å². The summed E-state index contributed by atoms with van der Waals surface area (Å²) in [5, 5.41) is 2.98. The highest BCUT2D eigenvalue weighted by molar-refractivity contribution is 5.68. The van der Waals surface area contributed by atoms with Crippen LogP contribution in [0.2, 0.25) is 0 Å². The van der Waals surface area contributed by atoms with Gasteiger partial charge in [-0.2, -0.15) is 9.50 Å². The second kappa shape index (κ2) is 7.78. The van der Waals surface area contributed by atoms with Crippen LogP contribution < -0.4 is 24.5 Å². The van der Waals surface area contributed by atoms with Crippen molar-refractivity contribution in [2.75, 3.05) is 28.4 Å². The van der Waals surface area contributed by atoms with Crippen LogP contribution in [0.15, 0.2) is 47.3 Å². The Labute approximate surface area is 171 Å². The molecule has 0 aliphatic carbocycles. The number of H-pyrrole nitrogens is 1. The summed E-state index contributed by atoms with van der Waals surface area (Å²) in [6, 6.07) is 12.2. The number of aromatic nitrogens is 4. The summed E-state index contributed by atoms with van der Waals surface area (Å²) in [6.45, 7) is 0. The van der Waals surface area contributed by atoms with Crippen LogP contribution in [0.3, 0.4) is 0 Å². The van der Waals surface area contributed by atoms with Crippen LogP contribution in [0.1, 0.15) is 0 Å². The van der Waals surface area contributed by atoms with Crippen LogP contribution in [0.5, 0.6) is 23.0 Å². The number of aromatic amines is 1. The number of fused-ring (bicyclic) bond motifs is 1. The first-order chi connectivity index (χ1) is 14.6. The number of hydrogen-bond donors (Lipinski definition) is 1. The van der Waals surface area contributed by atoms with Crippen LogP contribution in [-0.4, -0.2) is 48.0 Å². The first kappa shape index (κ1) is 19.3. The topological polar surface area (TPSA) is 100.0 Å². The van der Waals surface area contributed by atoms with Gasteiger partial charge >= 0.3 is 0 Å². The summed E-state index contributed by atoms with van der Waals surface area (Å²) in [7, 11) is 6.20. The predicted octanol–water partition coefficient (Wildman–Crippen LogP) is 2.79. The summed E-state index contributed by atoms with van der Waals surface area (Å²) in [6.07, 6.45) is 0. The van der Waals surface area contributed by atoms with E-state index in [1.807, 2.05) is 24.3 Å². The molecule has 0 fully saturated rings. The molecule has 30 heavy (non-hydrogen) atoms. The Hall–Kier alpha value is -4.01. The fourth-order valence-corrected chi connectivity index (χ4v) is 3.14. The normalized spacial score (nSPS) is 10.8. The molecule has 4 aromatic rings. The highest BCUT2D eigenvalue weighted by Gasteiger charge is 2.17. The third-order valence-electron chi connectivity index (χ3n) is 4.65. The lowest BCUT2D eigenvalue weighted by molar-refractivity contribution is 0.324. The Morgan fingerprint density at radius 1 is 0.800 bits per heavy atom. The first-order valence-corrected chi connectivity index (χ1v) is 9.02. The van der Waals surface area contributed by atoms with Gasteiger partial charge in [0.1, 0.15) is 5.75 Å². The van der Waals surface area contributed by atoms with Crippen LogP contribution in [0, 0.1) is 0 Å². The Morgan fingerprint density at radius 3 is 2.03 bits per heavy atom. The number of hydrogen-bond acceptors (Lipinski definition) is 7. The molecule has 9 nitrogen and oxygen atoms in total.